The highest BCUT2D eigenvalue weighted by molar-refractivity contribution is 5.23. The van der Waals surface area contributed by atoms with Crippen molar-refractivity contribution in [2.45, 2.75) is 19.4 Å². The Morgan fingerprint density at radius 1 is 0.588 bits per heavy atom. The Labute approximate surface area is 206 Å². The summed E-state index contributed by atoms with van der Waals surface area (Å²) in [5.74, 6) is 0. The first-order chi connectivity index (χ1) is 16.8. The van der Waals surface area contributed by atoms with Crippen molar-refractivity contribution in [3.8, 4) is 0 Å². The Hall–Kier alpha value is -1.10. The van der Waals surface area contributed by atoms with Crippen molar-refractivity contribution < 1.29 is 0 Å². The van der Waals surface area contributed by atoms with Crippen LogP contribution in [0.1, 0.15) is 11.1 Å². The van der Waals surface area contributed by atoms with Crippen molar-refractivity contribution in [2.24, 2.45) is 0 Å². The zero-order valence-electron chi connectivity index (χ0n) is 21.0. The summed E-state index contributed by atoms with van der Waals surface area (Å²) in [6.07, 6.45) is 0.596. The van der Waals surface area contributed by atoms with E-state index < -0.39 is 0 Å². The number of nitrogens with zero attached hydrogens (tertiary/aromatic N) is 7. The molecule has 8 nitrogen and oxygen atoms in total. The standard InChI is InChI=1S/C26H44N8/c1-2-24(21-28-6-4-27-5-7-30-10-11-31(23-30)9-8-28)20-25(3-1)22-29-12-14-32-16-18-34-19-17-33(15-13-29)26(32)34/h1-3,20,26-27H,4-19,21-23H2. The molecule has 0 aliphatic carbocycles. The second-order valence-corrected chi connectivity index (χ2v) is 11.0. The van der Waals surface area contributed by atoms with Crippen LogP contribution in [0.3, 0.4) is 0 Å². The SMILES string of the molecule is c1cc(CN2CCNCCN3CCN(CC2)C3)cc(CN2CCN3CCN4CCN(CC2)C34)c1. The quantitative estimate of drug-likeness (QED) is 0.646. The zero-order valence-corrected chi connectivity index (χ0v) is 21.0. The summed E-state index contributed by atoms with van der Waals surface area (Å²) in [6, 6.07) is 9.43. The lowest BCUT2D eigenvalue weighted by molar-refractivity contribution is 0.0174. The predicted octanol–water partition coefficient (Wildman–Crippen LogP) is -0.301. The molecule has 1 aromatic rings. The van der Waals surface area contributed by atoms with Gasteiger partial charge in [0.05, 0.1) is 6.67 Å². The van der Waals surface area contributed by atoms with Gasteiger partial charge in [0.1, 0.15) is 6.29 Å². The van der Waals surface area contributed by atoms with E-state index in [0.29, 0.717) is 6.29 Å². The average Bonchev–Trinajstić information content (AvgIpc) is 3.54. The molecule has 2 unspecified atom stereocenters. The van der Waals surface area contributed by atoms with Gasteiger partial charge in [0.15, 0.2) is 0 Å². The van der Waals surface area contributed by atoms with Gasteiger partial charge in [0, 0.05) is 118 Å². The Bertz CT molecular complexity index is 763. The number of nitrogens with one attached hydrogen (secondary N) is 1. The third-order valence-electron chi connectivity index (χ3n) is 8.61. The van der Waals surface area contributed by atoms with Crippen LogP contribution in [0.2, 0.25) is 0 Å². The number of rotatable bonds is 4. The van der Waals surface area contributed by atoms with E-state index in [1.165, 1.54) is 89.7 Å². The molecule has 0 aromatic heterocycles. The van der Waals surface area contributed by atoms with Gasteiger partial charge in [-0.25, -0.2) is 0 Å². The lowest BCUT2D eigenvalue weighted by Gasteiger charge is -2.37. The van der Waals surface area contributed by atoms with Crippen molar-refractivity contribution in [3.05, 3.63) is 35.4 Å². The molecule has 0 radical (unpaired) electrons. The van der Waals surface area contributed by atoms with E-state index in [2.05, 4.69) is 63.9 Å². The highest BCUT2D eigenvalue weighted by Crippen LogP contribution is 2.25. The van der Waals surface area contributed by atoms with Gasteiger partial charge in [-0.1, -0.05) is 24.3 Å². The van der Waals surface area contributed by atoms with E-state index in [1.807, 2.05) is 0 Å². The maximum Gasteiger partial charge on any atom is 0.119 e. The normalized spacial score (nSPS) is 31.3. The molecule has 0 amide bonds. The molecule has 8 heteroatoms. The minimum atomic E-state index is 0.596. The third kappa shape index (κ3) is 5.50. The summed E-state index contributed by atoms with van der Waals surface area (Å²) in [4.78, 5) is 18.6. The van der Waals surface area contributed by atoms with E-state index in [1.54, 1.807) is 0 Å². The average molecular weight is 469 g/mol. The van der Waals surface area contributed by atoms with Crippen molar-refractivity contribution in [3.63, 3.8) is 0 Å². The van der Waals surface area contributed by atoms with E-state index in [0.717, 1.165) is 45.9 Å². The minimum absolute atomic E-state index is 0.596. The van der Waals surface area contributed by atoms with Gasteiger partial charge in [-0.05, 0) is 11.1 Å². The maximum atomic E-state index is 3.67. The molecule has 0 saturated carbocycles. The summed E-state index contributed by atoms with van der Waals surface area (Å²) in [5.41, 5.74) is 2.95. The smallest absolute Gasteiger partial charge is 0.119 e. The van der Waals surface area contributed by atoms with E-state index >= 15 is 0 Å². The van der Waals surface area contributed by atoms with Crippen LogP contribution in [0, 0.1) is 0 Å². The van der Waals surface area contributed by atoms with Crippen LogP contribution in [0.4, 0.5) is 0 Å². The van der Waals surface area contributed by atoms with Gasteiger partial charge in [-0.3, -0.25) is 34.3 Å². The molecule has 34 heavy (non-hydrogen) atoms. The maximum absolute atomic E-state index is 3.67. The lowest BCUT2D eigenvalue weighted by Crippen LogP contribution is -2.52. The molecule has 6 rings (SSSR count). The van der Waals surface area contributed by atoms with Gasteiger partial charge < -0.3 is 5.32 Å². The first kappa shape index (κ1) is 23.3. The summed E-state index contributed by atoms with van der Waals surface area (Å²) < 4.78 is 0. The summed E-state index contributed by atoms with van der Waals surface area (Å²) in [7, 11) is 0. The first-order valence-electron chi connectivity index (χ1n) is 13.7. The molecule has 5 saturated heterocycles. The van der Waals surface area contributed by atoms with Crippen LogP contribution in [0.25, 0.3) is 0 Å². The fraction of sp³-hybridized carbons (Fsp3) is 0.769. The zero-order chi connectivity index (χ0) is 22.7. The largest absolute Gasteiger partial charge is 0.314 e. The molecule has 188 valence electrons. The monoisotopic (exact) mass is 468 g/mol. The number of hydrogen-bond donors (Lipinski definition) is 1. The first-order valence-corrected chi connectivity index (χ1v) is 13.7. The molecule has 0 spiro atoms. The van der Waals surface area contributed by atoms with Crippen LogP contribution < -0.4 is 5.32 Å². The van der Waals surface area contributed by atoms with Crippen molar-refractivity contribution in [1.29, 1.82) is 0 Å². The lowest BCUT2D eigenvalue weighted by atomic mass is 10.1. The van der Waals surface area contributed by atoms with Crippen LogP contribution >= 0.6 is 0 Å². The Morgan fingerprint density at radius 3 is 1.76 bits per heavy atom. The van der Waals surface area contributed by atoms with Crippen LogP contribution in [0.5, 0.6) is 0 Å². The summed E-state index contributed by atoms with van der Waals surface area (Å²) >= 11 is 0. The van der Waals surface area contributed by atoms with E-state index in [9.17, 15) is 0 Å². The second-order valence-electron chi connectivity index (χ2n) is 11.0. The Balaban J connectivity index is 1.05. The van der Waals surface area contributed by atoms with Gasteiger partial charge in [0.25, 0.3) is 0 Å². The molecule has 5 aliphatic rings. The van der Waals surface area contributed by atoms with Crippen LogP contribution in [-0.2, 0) is 13.1 Å². The number of hydrogen-bond acceptors (Lipinski definition) is 8. The predicted molar refractivity (Wildman–Crippen MR) is 136 cm³/mol. The molecule has 5 fully saturated rings. The van der Waals surface area contributed by atoms with Gasteiger partial charge in [-0.15, -0.1) is 0 Å². The summed E-state index contributed by atoms with van der Waals surface area (Å²) in [6.45, 7) is 22.4. The number of benzene rings is 1. The van der Waals surface area contributed by atoms with Crippen molar-refractivity contribution >= 4 is 0 Å². The van der Waals surface area contributed by atoms with Gasteiger partial charge in [-0.2, -0.15) is 0 Å². The fourth-order valence-corrected chi connectivity index (χ4v) is 6.61. The molecule has 1 N–H and O–H groups in total. The molecule has 1 aromatic carbocycles. The van der Waals surface area contributed by atoms with Crippen LogP contribution in [0.15, 0.2) is 24.3 Å². The summed E-state index contributed by atoms with van der Waals surface area (Å²) in [5, 5.41) is 3.67. The second kappa shape index (κ2) is 10.9. The van der Waals surface area contributed by atoms with E-state index in [4.69, 9.17) is 0 Å². The highest BCUT2D eigenvalue weighted by Gasteiger charge is 2.41. The van der Waals surface area contributed by atoms with Crippen molar-refractivity contribution in [1.82, 2.24) is 39.6 Å². The minimum Gasteiger partial charge on any atom is -0.314 e. The Morgan fingerprint density at radius 2 is 1.09 bits per heavy atom. The topological polar surface area (TPSA) is 34.7 Å². The molecule has 5 heterocycles. The van der Waals surface area contributed by atoms with Gasteiger partial charge >= 0.3 is 0 Å². The van der Waals surface area contributed by atoms with E-state index in [-0.39, 0.29) is 0 Å². The molecular weight excluding hydrogens is 424 g/mol. The fourth-order valence-electron chi connectivity index (χ4n) is 6.61. The highest BCUT2D eigenvalue weighted by atomic mass is 15.6. The molecule has 5 aliphatic heterocycles. The van der Waals surface area contributed by atoms with Crippen LogP contribution in [-0.4, -0.2) is 152 Å². The molecule has 2 bridgehead atoms. The van der Waals surface area contributed by atoms with Gasteiger partial charge in [0.2, 0.25) is 0 Å². The number of fused-ring (bicyclic) bond motifs is 2. The third-order valence-corrected chi connectivity index (χ3v) is 8.61. The van der Waals surface area contributed by atoms with Crippen molar-refractivity contribution in [2.75, 3.05) is 111 Å². The Kier molecular flexibility index (Phi) is 7.46. The molecule has 2 atom stereocenters. The molecular formula is C26H44N8.